The van der Waals surface area contributed by atoms with Gasteiger partial charge >= 0.3 is 5.97 Å². The lowest BCUT2D eigenvalue weighted by atomic mass is 9.99. The lowest BCUT2D eigenvalue weighted by Gasteiger charge is -2.20. The molecule has 0 aliphatic carbocycles. The molecule has 0 aromatic carbocycles. The van der Waals surface area contributed by atoms with Crippen LogP contribution in [0.2, 0.25) is 0 Å². The van der Waals surface area contributed by atoms with Crippen molar-refractivity contribution in [3.63, 3.8) is 0 Å². The molecule has 2 atom stereocenters. The van der Waals surface area contributed by atoms with Gasteiger partial charge in [0.05, 0.1) is 13.2 Å². The molecule has 17 heavy (non-hydrogen) atoms. The fraction of sp³-hybridized carbons (Fsp3) is 0.818. The van der Waals surface area contributed by atoms with Crippen LogP contribution in [0, 0.1) is 5.92 Å². The highest BCUT2D eigenvalue weighted by Crippen LogP contribution is 2.07. The van der Waals surface area contributed by atoms with E-state index in [0.29, 0.717) is 19.6 Å². The quantitative estimate of drug-likeness (QED) is 0.571. The van der Waals surface area contributed by atoms with Gasteiger partial charge in [-0.3, -0.25) is 4.79 Å². The van der Waals surface area contributed by atoms with Crippen LogP contribution in [0.3, 0.4) is 0 Å². The van der Waals surface area contributed by atoms with Crippen LogP contribution >= 0.6 is 0 Å². The Morgan fingerprint density at radius 2 is 2.00 bits per heavy atom. The Morgan fingerprint density at radius 3 is 2.47 bits per heavy atom. The van der Waals surface area contributed by atoms with E-state index >= 15 is 0 Å². The predicted molar refractivity (Wildman–Crippen MR) is 61.7 cm³/mol. The molecule has 100 valence electrons. The number of methoxy groups -OCH3 is 1. The number of hydrogen-bond donors (Lipinski definition) is 2. The number of carboxylic acid groups (broad SMARTS) is 1. The Hall–Kier alpha value is -1.14. The summed E-state index contributed by atoms with van der Waals surface area (Å²) in [6, 6.07) is -0.862. The van der Waals surface area contributed by atoms with Crippen LogP contribution in [0.1, 0.15) is 20.3 Å². The van der Waals surface area contributed by atoms with E-state index in [2.05, 4.69) is 5.32 Å². The third-order valence-electron chi connectivity index (χ3n) is 2.46. The Morgan fingerprint density at radius 1 is 1.35 bits per heavy atom. The molecule has 0 fully saturated rings. The van der Waals surface area contributed by atoms with Gasteiger partial charge in [-0.15, -0.1) is 0 Å². The maximum Gasteiger partial charge on any atom is 0.326 e. The van der Waals surface area contributed by atoms with Gasteiger partial charge in [-0.05, 0) is 5.92 Å². The Labute approximate surface area is 101 Å². The van der Waals surface area contributed by atoms with E-state index in [1.165, 1.54) is 7.11 Å². The summed E-state index contributed by atoms with van der Waals surface area (Å²) >= 11 is 0. The van der Waals surface area contributed by atoms with Crippen LogP contribution in [-0.4, -0.2) is 50.0 Å². The number of aliphatic carboxylic acids is 1. The number of nitrogens with one attached hydrogen (secondary N) is 1. The van der Waals surface area contributed by atoms with Crippen molar-refractivity contribution < 1.29 is 24.2 Å². The van der Waals surface area contributed by atoms with E-state index in [9.17, 15) is 9.59 Å². The summed E-state index contributed by atoms with van der Waals surface area (Å²) < 4.78 is 9.75. The predicted octanol–water partition coefficient (Wildman–Crippen LogP) is 0.265. The summed E-state index contributed by atoms with van der Waals surface area (Å²) in [5.41, 5.74) is 0. The SMILES string of the molecule is CCC(C)C(NC(=O)COCCOC)C(=O)O. The average molecular weight is 247 g/mol. The summed E-state index contributed by atoms with van der Waals surface area (Å²) in [6.07, 6.45) is 0.682. The molecular formula is C11H21NO5. The van der Waals surface area contributed by atoms with Crippen LogP contribution in [0.25, 0.3) is 0 Å². The summed E-state index contributed by atoms with van der Waals surface area (Å²) in [6.45, 7) is 4.22. The summed E-state index contributed by atoms with van der Waals surface area (Å²) in [7, 11) is 1.53. The smallest absolute Gasteiger partial charge is 0.326 e. The molecular weight excluding hydrogens is 226 g/mol. The zero-order valence-electron chi connectivity index (χ0n) is 10.6. The van der Waals surface area contributed by atoms with E-state index in [0.717, 1.165) is 0 Å². The van der Waals surface area contributed by atoms with Crippen LogP contribution in [-0.2, 0) is 19.1 Å². The Kier molecular flexibility index (Phi) is 8.35. The van der Waals surface area contributed by atoms with Crippen LogP contribution < -0.4 is 5.32 Å². The standard InChI is InChI=1S/C11H21NO5/c1-4-8(2)10(11(14)15)12-9(13)7-17-6-5-16-3/h8,10H,4-7H2,1-3H3,(H,12,13)(H,14,15). The van der Waals surface area contributed by atoms with Gasteiger partial charge < -0.3 is 19.9 Å². The fourth-order valence-corrected chi connectivity index (χ4v) is 1.21. The highest BCUT2D eigenvalue weighted by Gasteiger charge is 2.24. The normalized spacial score (nSPS) is 14.1. The summed E-state index contributed by atoms with van der Waals surface area (Å²) in [5, 5.41) is 11.4. The molecule has 0 aromatic rings. The monoisotopic (exact) mass is 247 g/mol. The Balaban J connectivity index is 4.00. The molecule has 2 unspecified atom stereocenters. The second-order valence-corrected chi connectivity index (χ2v) is 3.81. The average Bonchev–Trinajstić information content (AvgIpc) is 2.30. The van der Waals surface area contributed by atoms with Gasteiger partial charge in [-0.25, -0.2) is 4.79 Å². The van der Waals surface area contributed by atoms with E-state index in [1.54, 1.807) is 6.92 Å². The van der Waals surface area contributed by atoms with E-state index in [4.69, 9.17) is 14.6 Å². The van der Waals surface area contributed by atoms with Crippen molar-refractivity contribution in [1.82, 2.24) is 5.32 Å². The van der Waals surface area contributed by atoms with E-state index in [-0.39, 0.29) is 12.5 Å². The number of amides is 1. The molecule has 1 amide bonds. The van der Waals surface area contributed by atoms with Gasteiger partial charge in [0, 0.05) is 7.11 Å². The first-order valence-electron chi connectivity index (χ1n) is 5.61. The van der Waals surface area contributed by atoms with Gasteiger partial charge in [-0.2, -0.15) is 0 Å². The zero-order valence-corrected chi connectivity index (χ0v) is 10.6. The lowest BCUT2D eigenvalue weighted by Crippen LogP contribution is -2.46. The first-order valence-corrected chi connectivity index (χ1v) is 5.61. The van der Waals surface area contributed by atoms with Crippen molar-refractivity contribution in [2.75, 3.05) is 26.9 Å². The molecule has 6 heteroatoms. The first-order chi connectivity index (χ1) is 8.02. The van der Waals surface area contributed by atoms with Crippen LogP contribution in [0.5, 0.6) is 0 Å². The molecule has 0 spiro atoms. The van der Waals surface area contributed by atoms with Gasteiger partial charge in [-0.1, -0.05) is 20.3 Å². The van der Waals surface area contributed by atoms with Gasteiger partial charge in [0.1, 0.15) is 12.6 Å². The molecule has 0 saturated heterocycles. The minimum atomic E-state index is -1.02. The minimum Gasteiger partial charge on any atom is -0.480 e. The Bertz CT molecular complexity index is 244. The number of carboxylic acids is 1. The maximum absolute atomic E-state index is 11.4. The highest BCUT2D eigenvalue weighted by atomic mass is 16.5. The number of ether oxygens (including phenoxy) is 2. The molecule has 6 nitrogen and oxygen atoms in total. The zero-order chi connectivity index (χ0) is 13.3. The molecule has 0 bridgehead atoms. The van der Waals surface area contributed by atoms with Crippen LogP contribution in [0.15, 0.2) is 0 Å². The van der Waals surface area contributed by atoms with Crippen molar-refractivity contribution in [3.05, 3.63) is 0 Å². The summed E-state index contributed by atoms with van der Waals surface area (Å²) in [4.78, 5) is 22.3. The topological polar surface area (TPSA) is 84.9 Å². The third kappa shape index (κ3) is 6.91. The maximum atomic E-state index is 11.4. The molecule has 2 N–H and O–H groups in total. The number of hydrogen-bond acceptors (Lipinski definition) is 4. The van der Waals surface area contributed by atoms with E-state index < -0.39 is 17.9 Å². The number of carbonyl (C=O) groups excluding carboxylic acids is 1. The fourth-order valence-electron chi connectivity index (χ4n) is 1.21. The van der Waals surface area contributed by atoms with Gasteiger partial charge in [0.25, 0.3) is 0 Å². The van der Waals surface area contributed by atoms with E-state index in [1.807, 2.05) is 6.92 Å². The number of carbonyl (C=O) groups is 2. The molecule has 0 rings (SSSR count). The highest BCUT2D eigenvalue weighted by molar-refractivity contribution is 5.84. The second kappa shape index (κ2) is 8.95. The number of rotatable bonds is 9. The molecule has 0 saturated carbocycles. The van der Waals surface area contributed by atoms with Gasteiger partial charge in [0.2, 0.25) is 5.91 Å². The largest absolute Gasteiger partial charge is 0.480 e. The molecule has 0 radical (unpaired) electrons. The third-order valence-corrected chi connectivity index (χ3v) is 2.46. The molecule has 0 aliphatic rings. The van der Waals surface area contributed by atoms with Crippen LogP contribution in [0.4, 0.5) is 0 Å². The van der Waals surface area contributed by atoms with Crippen molar-refractivity contribution in [1.29, 1.82) is 0 Å². The molecule has 0 heterocycles. The second-order valence-electron chi connectivity index (χ2n) is 3.81. The minimum absolute atomic E-state index is 0.115. The lowest BCUT2D eigenvalue weighted by molar-refractivity contribution is -0.144. The summed E-state index contributed by atoms with van der Waals surface area (Å²) in [5.74, 6) is -1.56. The first kappa shape index (κ1) is 15.9. The van der Waals surface area contributed by atoms with Crippen molar-refractivity contribution in [2.45, 2.75) is 26.3 Å². The molecule has 0 aliphatic heterocycles. The van der Waals surface area contributed by atoms with Gasteiger partial charge in [0.15, 0.2) is 0 Å². The van der Waals surface area contributed by atoms with Crippen molar-refractivity contribution in [2.24, 2.45) is 5.92 Å². The van der Waals surface area contributed by atoms with Crippen molar-refractivity contribution >= 4 is 11.9 Å². The van der Waals surface area contributed by atoms with Crippen molar-refractivity contribution in [3.8, 4) is 0 Å². The molecule has 0 aromatic heterocycles.